The number of likely N-dealkylation sites (tertiary alicyclic amines) is 1. The molecule has 8 heteroatoms. The van der Waals surface area contributed by atoms with E-state index < -0.39 is 6.04 Å². The Labute approximate surface area is 193 Å². The van der Waals surface area contributed by atoms with Crippen LogP contribution in [0.4, 0.5) is 4.39 Å². The number of hydrogen-bond donors (Lipinski definition) is 4. The van der Waals surface area contributed by atoms with Crippen molar-refractivity contribution in [2.24, 2.45) is 5.73 Å². The lowest BCUT2D eigenvalue weighted by molar-refractivity contribution is -0.135. The van der Waals surface area contributed by atoms with Crippen molar-refractivity contribution in [2.45, 2.75) is 56.5 Å². The Morgan fingerprint density at radius 2 is 1.91 bits per heavy atom. The highest BCUT2D eigenvalue weighted by molar-refractivity contribution is 5.88. The lowest BCUT2D eigenvalue weighted by Crippen LogP contribution is -2.54. The van der Waals surface area contributed by atoms with Crippen molar-refractivity contribution in [3.05, 3.63) is 71.5 Å². The summed E-state index contributed by atoms with van der Waals surface area (Å²) in [6, 6.07) is 15.2. The summed E-state index contributed by atoms with van der Waals surface area (Å²) < 4.78 is 14.1. The van der Waals surface area contributed by atoms with Gasteiger partial charge in [0.25, 0.3) is 0 Å². The van der Waals surface area contributed by atoms with Gasteiger partial charge in [-0.05, 0) is 31.4 Å². The van der Waals surface area contributed by atoms with E-state index in [0.717, 1.165) is 18.4 Å². The van der Waals surface area contributed by atoms with Crippen LogP contribution in [0.15, 0.2) is 54.6 Å². The Balaban J connectivity index is 1.29. The molecule has 5 N–H and O–H groups in total. The number of nitrogens with one attached hydrogen (secondary N) is 3. The van der Waals surface area contributed by atoms with Crippen molar-refractivity contribution in [1.82, 2.24) is 20.9 Å². The van der Waals surface area contributed by atoms with E-state index in [2.05, 4.69) is 16.0 Å². The standard InChI is InChI=1S/C25H32FN5O2/c1-16(24-28-15-21(30-24)18-10-5-6-11-19(18)26)29-25(33)20(27)14-23(32)31-13-7-12-22(31)17-8-3-2-4-9-17/h2-6,8-11,16,20-22,24,28,30H,7,12-15,27H2,1H3,(H,29,33)/t16-,20-,21?,22+,24?/m0/s1. The minimum absolute atomic E-state index is 0.0364. The predicted molar refractivity (Wildman–Crippen MR) is 124 cm³/mol. The molecule has 2 amide bonds. The molecule has 0 saturated carbocycles. The largest absolute Gasteiger partial charge is 0.349 e. The van der Waals surface area contributed by atoms with Crippen molar-refractivity contribution >= 4 is 11.8 Å². The van der Waals surface area contributed by atoms with Crippen LogP contribution in [0, 0.1) is 5.82 Å². The number of nitrogens with two attached hydrogens (primary N) is 1. The first-order valence-corrected chi connectivity index (χ1v) is 11.6. The number of carbonyl (C=O) groups excluding carboxylic acids is 2. The maximum absolute atomic E-state index is 14.1. The summed E-state index contributed by atoms with van der Waals surface area (Å²) >= 11 is 0. The Hall–Kier alpha value is -2.81. The van der Waals surface area contributed by atoms with Crippen LogP contribution in [-0.4, -0.2) is 48.1 Å². The van der Waals surface area contributed by atoms with E-state index in [1.54, 1.807) is 18.2 Å². The number of rotatable bonds is 7. The summed E-state index contributed by atoms with van der Waals surface area (Å²) in [6.07, 6.45) is 1.58. The summed E-state index contributed by atoms with van der Waals surface area (Å²) in [5.74, 6) is -0.733. The molecule has 5 atom stereocenters. The Kier molecular flexibility index (Phi) is 7.37. The highest BCUT2D eigenvalue weighted by Crippen LogP contribution is 2.32. The molecule has 176 valence electrons. The molecular formula is C25H32FN5O2. The van der Waals surface area contributed by atoms with Crippen LogP contribution >= 0.6 is 0 Å². The van der Waals surface area contributed by atoms with E-state index in [0.29, 0.717) is 18.7 Å². The second-order valence-electron chi connectivity index (χ2n) is 8.89. The monoisotopic (exact) mass is 453 g/mol. The lowest BCUT2D eigenvalue weighted by Gasteiger charge is -2.27. The van der Waals surface area contributed by atoms with E-state index in [4.69, 9.17) is 5.73 Å². The maximum Gasteiger partial charge on any atom is 0.237 e. The van der Waals surface area contributed by atoms with Crippen LogP contribution in [0.3, 0.4) is 0 Å². The maximum atomic E-state index is 14.1. The molecule has 2 heterocycles. The molecule has 4 rings (SSSR count). The first kappa shape index (κ1) is 23.4. The molecule has 0 bridgehead atoms. The zero-order chi connectivity index (χ0) is 23.4. The zero-order valence-corrected chi connectivity index (χ0v) is 18.8. The van der Waals surface area contributed by atoms with E-state index in [1.807, 2.05) is 42.2 Å². The number of carbonyl (C=O) groups is 2. The number of halogens is 1. The summed E-state index contributed by atoms with van der Waals surface area (Å²) in [6.45, 7) is 3.08. The van der Waals surface area contributed by atoms with Gasteiger partial charge in [-0.2, -0.15) is 0 Å². The van der Waals surface area contributed by atoms with Gasteiger partial charge < -0.3 is 16.0 Å². The fraction of sp³-hybridized carbons (Fsp3) is 0.440. The second kappa shape index (κ2) is 10.4. The highest BCUT2D eigenvalue weighted by atomic mass is 19.1. The molecule has 2 aromatic rings. The molecule has 2 aliphatic heterocycles. The molecule has 2 saturated heterocycles. The number of amides is 2. The van der Waals surface area contributed by atoms with Gasteiger partial charge in [0.05, 0.1) is 30.7 Å². The van der Waals surface area contributed by atoms with Gasteiger partial charge in [0.15, 0.2) is 0 Å². The fourth-order valence-electron chi connectivity index (χ4n) is 4.76. The van der Waals surface area contributed by atoms with Crippen molar-refractivity contribution in [3.8, 4) is 0 Å². The van der Waals surface area contributed by atoms with Gasteiger partial charge in [-0.25, -0.2) is 4.39 Å². The van der Waals surface area contributed by atoms with Crippen molar-refractivity contribution in [3.63, 3.8) is 0 Å². The molecule has 0 radical (unpaired) electrons. The molecule has 33 heavy (non-hydrogen) atoms. The average Bonchev–Trinajstić information content (AvgIpc) is 3.50. The molecule has 2 aromatic carbocycles. The minimum atomic E-state index is -0.930. The van der Waals surface area contributed by atoms with Gasteiger partial charge >= 0.3 is 0 Å². The van der Waals surface area contributed by atoms with Gasteiger partial charge in [0.1, 0.15) is 5.82 Å². The fourth-order valence-corrected chi connectivity index (χ4v) is 4.76. The first-order chi connectivity index (χ1) is 15.9. The van der Waals surface area contributed by atoms with Gasteiger partial charge in [-0.15, -0.1) is 0 Å². The molecule has 2 aliphatic rings. The summed E-state index contributed by atoms with van der Waals surface area (Å²) in [5.41, 5.74) is 7.80. The van der Waals surface area contributed by atoms with Crippen LogP contribution in [0.25, 0.3) is 0 Å². The SMILES string of the molecule is C[C@H](NC(=O)[C@@H](N)CC(=O)N1CCC[C@@H]1c1ccccc1)C1NCC(c2ccccc2F)N1. The van der Waals surface area contributed by atoms with Gasteiger partial charge in [0.2, 0.25) is 11.8 Å². The third-order valence-electron chi connectivity index (χ3n) is 6.56. The van der Waals surface area contributed by atoms with Crippen LogP contribution in [0.2, 0.25) is 0 Å². The van der Waals surface area contributed by atoms with Crippen LogP contribution in [0.5, 0.6) is 0 Å². The Morgan fingerprint density at radius 3 is 2.67 bits per heavy atom. The van der Waals surface area contributed by atoms with Crippen molar-refractivity contribution in [1.29, 1.82) is 0 Å². The Bertz CT molecular complexity index is 972. The number of hydrogen-bond acceptors (Lipinski definition) is 5. The van der Waals surface area contributed by atoms with Crippen LogP contribution < -0.4 is 21.7 Å². The van der Waals surface area contributed by atoms with E-state index in [-0.39, 0.29) is 48.3 Å². The molecule has 2 fully saturated rings. The summed E-state index contributed by atoms with van der Waals surface area (Å²) in [7, 11) is 0. The summed E-state index contributed by atoms with van der Waals surface area (Å²) in [4.78, 5) is 27.5. The lowest BCUT2D eigenvalue weighted by atomic mass is 10.0. The second-order valence-corrected chi connectivity index (χ2v) is 8.89. The van der Waals surface area contributed by atoms with Crippen LogP contribution in [-0.2, 0) is 9.59 Å². The predicted octanol–water partition coefficient (Wildman–Crippen LogP) is 1.97. The molecular weight excluding hydrogens is 421 g/mol. The smallest absolute Gasteiger partial charge is 0.237 e. The molecule has 7 nitrogen and oxygen atoms in total. The quantitative estimate of drug-likeness (QED) is 0.514. The third-order valence-corrected chi connectivity index (χ3v) is 6.56. The Morgan fingerprint density at radius 1 is 1.18 bits per heavy atom. The van der Waals surface area contributed by atoms with Gasteiger partial charge in [0, 0.05) is 24.7 Å². The van der Waals surface area contributed by atoms with Crippen molar-refractivity contribution < 1.29 is 14.0 Å². The molecule has 2 unspecified atom stereocenters. The highest BCUT2D eigenvalue weighted by Gasteiger charge is 2.33. The molecule has 0 aromatic heterocycles. The van der Waals surface area contributed by atoms with Gasteiger partial charge in [-0.3, -0.25) is 20.2 Å². The van der Waals surface area contributed by atoms with Crippen LogP contribution in [0.1, 0.15) is 49.4 Å². The third kappa shape index (κ3) is 5.40. The van der Waals surface area contributed by atoms with E-state index in [9.17, 15) is 14.0 Å². The number of nitrogens with zero attached hydrogens (tertiary/aromatic N) is 1. The molecule has 0 spiro atoms. The van der Waals surface area contributed by atoms with E-state index >= 15 is 0 Å². The first-order valence-electron chi connectivity index (χ1n) is 11.6. The van der Waals surface area contributed by atoms with E-state index in [1.165, 1.54) is 6.07 Å². The zero-order valence-electron chi connectivity index (χ0n) is 18.8. The average molecular weight is 454 g/mol. The summed E-state index contributed by atoms with van der Waals surface area (Å²) in [5, 5.41) is 9.49. The van der Waals surface area contributed by atoms with Crippen molar-refractivity contribution in [2.75, 3.05) is 13.1 Å². The number of benzene rings is 2. The minimum Gasteiger partial charge on any atom is -0.349 e. The molecule has 0 aliphatic carbocycles. The van der Waals surface area contributed by atoms with Gasteiger partial charge in [-0.1, -0.05) is 48.5 Å². The topological polar surface area (TPSA) is 99.5 Å². The normalized spacial score (nSPS) is 24.5.